The number of hydrogen-bond acceptors (Lipinski definition) is 3. The highest BCUT2D eigenvalue weighted by molar-refractivity contribution is 6.31. The number of halogens is 1. The molecular formula is C19H17ClN2O3. The van der Waals surface area contributed by atoms with E-state index >= 15 is 0 Å². The lowest BCUT2D eigenvalue weighted by Crippen LogP contribution is -2.44. The topological polar surface area (TPSA) is 71.3 Å². The molecule has 1 unspecified atom stereocenters. The van der Waals surface area contributed by atoms with E-state index in [-0.39, 0.29) is 11.7 Å². The summed E-state index contributed by atoms with van der Waals surface area (Å²) in [5.41, 5.74) is 1.55. The Bertz CT molecular complexity index is 905. The first kappa shape index (κ1) is 17.0. The summed E-state index contributed by atoms with van der Waals surface area (Å²) in [4.78, 5) is 24.4. The van der Waals surface area contributed by atoms with Crippen LogP contribution < -0.4 is 10.6 Å². The van der Waals surface area contributed by atoms with E-state index in [1.54, 1.807) is 31.2 Å². The van der Waals surface area contributed by atoms with Gasteiger partial charge in [-0.1, -0.05) is 41.9 Å². The summed E-state index contributed by atoms with van der Waals surface area (Å²) in [6.45, 7) is 2.03. The summed E-state index contributed by atoms with van der Waals surface area (Å²) in [5.74, 6) is -0.578. The number of amides is 2. The average molecular weight is 357 g/mol. The van der Waals surface area contributed by atoms with Gasteiger partial charge in [0, 0.05) is 17.0 Å². The Hall–Kier alpha value is -2.79. The molecule has 0 aliphatic carbocycles. The summed E-state index contributed by atoms with van der Waals surface area (Å²) in [6, 6.07) is 15.6. The average Bonchev–Trinajstić information content (AvgIpc) is 3.03. The lowest BCUT2D eigenvalue weighted by atomic mass is 10.2. The number of furan rings is 1. The molecule has 0 fully saturated rings. The van der Waals surface area contributed by atoms with E-state index < -0.39 is 11.9 Å². The standard InChI is InChI=1S/C19H17ClN2O3/c1-12(18(23)21-11-13-5-3-2-4-6-13)22-19(24)17-10-14-9-15(20)7-8-16(14)25-17/h2-10,12H,11H2,1H3,(H,21,23)(H,22,24). The van der Waals surface area contributed by atoms with Crippen LogP contribution in [-0.2, 0) is 11.3 Å². The second kappa shape index (κ2) is 7.40. The fourth-order valence-electron chi connectivity index (χ4n) is 2.40. The minimum atomic E-state index is -0.687. The second-order valence-electron chi connectivity index (χ2n) is 5.69. The Balaban J connectivity index is 1.59. The largest absolute Gasteiger partial charge is 0.451 e. The first-order valence-electron chi connectivity index (χ1n) is 7.84. The minimum Gasteiger partial charge on any atom is -0.451 e. The van der Waals surface area contributed by atoms with E-state index in [4.69, 9.17) is 16.0 Å². The van der Waals surface area contributed by atoms with Gasteiger partial charge < -0.3 is 15.1 Å². The summed E-state index contributed by atoms with van der Waals surface area (Å²) in [5, 5.41) is 6.72. The molecule has 2 amide bonds. The van der Waals surface area contributed by atoms with Crippen molar-refractivity contribution in [3.63, 3.8) is 0 Å². The van der Waals surface area contributed by atoms with Gasteiger partial charge in [0.25, 0.3) is 5.91 Å². The third kappa shape index (κ3) is 4.19. The van der Waals surface area contributed by atoms with E-state index in [1.165, 1.54) is 0 Å². The molecule has 128 valence electrons. The van der Waals surface area contributed by atoms with Crippen LogP contribution in [0.1, 0.15) is 23.0 Å². The van der Waals surface area contributed by atoms with Crippen molar-refractivity contribution < 1.29 is 14.0 Å². The van der Waals surface area contributed by atoms with Crippen LogP contribution in [-0.4, -0.2) is 17.9 Å². The Kier molecular flexibility index (Phi) is 5.05. The normalized spacial score (nSPS) is 11.9. The Labute approximate surface area is 150 Å². The van der Waals surface area contributed by atoms with Crippen LogP contribution >= 0.6 is 11.6 Å². The van der Waals surface area contributed by atoms with Gasteiger partial charge in [-0.2, -0.15) is 0 Å². The SMILES string of the molecule is CC(NC(=O)c1cc2cc(Cl)ccc2o1)C(=O)NCc1ccccc1. The third-order valence-corrected chi connectivity index (χ3v) is 3.99. The van der Waals surface area contributed by atoms with Gasteiger partial charge in [0.2, 0.25) is 5.91 Å². The van der Waals surface area contributed by atoms with Crippen molar-refractivity contribution in [2.45, 2.75) is 19.5 Å². The molecule has 6 heteroatoms. The maximum absolute atomic E-state index is 12.3. The van der Waals surface area contributed by atoms with Crippen molar-refractivity contribution in [1.29, 1.82) is 0 Å². The van der Waals surface area contributed by atoms with E-state index in [2.05, 4.69) is 10.6 Å². The highest BCUT2D eigenvalue weighted by Crippen LogP contribution is 2.23. The Morgan fingerprint density at radius 3 is 2.64 bits per heavy atom. The summed E-state index contributed by atoms with van der Waals surface area (Å²) >= 11 is 5.92. The van der Waals surface area contributed by atoms with Gasteiger partial charge in [-0.15, -0.1) is 0 Å². The molecule has 3 aromatic rings. The molecule has 0 radical (unpaired) electrons. The zero-order valence-electron chi connectivity index (χ0n) is 13.6. The zero-order chi connectivity index (χ0) is 17.8. The van der Waals surface area contributed by atoms with Crippen LogP contribution in [0.25, 0.3) is 11.0 Å². The van der Waals surface area contributed by atoms with Crippen LogP contribution in [0.3, 0.4) is 0 Å². The van der Waals surface area contributed by atoms with Gasteiger partial charge >= 0.3 is 0 Å². The molecule has 2 aromatic carbocycles. The predicted octanol–water partition coefficient (Wildman–Crippen LogP) is 3.52. The number of carbonyl (C=O) groups is 2. The summed E-state index contributed by atoms with van der Waals surface area (Å²) in [7, 11) is 0. The van der Waals surface area contributed by atoms with Gasteiger partial charge in [-0.3, -0.25) is 9.59 Å². The second-order valence-corrected chi connectivity index (χ2v) is 6.13. The minimum absolute atomic E-state index is 0.139. The smallest absolute Gasteiger partial charge is 0.287 e. The zero-order valence-corrected chi connectivity index (χ0v) is 14.3. The Morgan fingerprint density at radius 2 is 1.88 bits per heavy atom. The molecule has 1 aromatic heterocycles. The molecule has 1 heterocycles. The number of nitrogens with one attached hydrogen (secondary N) is 2. The molecule has 3 rings (SSSR count). The van der Waals surface area contributed by atoms with Crippen LogP contribution in [0.15, 0.2) is 59.0 Å². The van der Waals surface area contributed by atoms with E-state index in [9.17, 15) is 9.59 Å². The van der Waals surface area contributed by atoms with Gasteiger partial charge in [0.1, 0.15) is 11.6 Å². The molecular weight excluding hydrogens is 340 g/mol. The maximum atomic E-state index is 12.3. The van der Waals surface area contributed by atoms with Gasteiger partial charge in [-0.05, 0) is 36.8 Å². The van der Waals surface area contributed by atoms with Crippen LogP contribution in [0.4, 0.5) is 0 Å². The highest BCUT2D eigenvalue weighted by Gasteiger charge is 2.19. The molecule has 2 N–H and O–H groups in total. The number of benzene rings is 2. The quantitative estimate of drug-likeness (QED) is 0.734. The number of fused-ring (bicyclic) bond motifs is 1. The van der Waals surface area contributed by atoms with Crippen molar-refractivity contribution in [3.05, 3.63) is 70.9 Å². The molecule has 1 atom stereocenters. The van der Waals surface area contributed by atoms with Crippen LogP contribution in [0, 0.1) is 0 Å². The first-order chi connectivity index (χ1) is 12.0. The highest BCUT2D eigenvalue weighted by atomic mass is 35.5. The van der Waals surface area contributed by atoms with E-state index in [0.29, 0.717) is 17.2 Å². The van der Waals surface area contributed by atoms with Gasteiger partial charge in [-0.25, -0.2) is 0 Å². The number of rotatable bonds is 5. The molecule has 0 bridgehead atoms. The van der Waals surface area contributed by atoms with E-state index in [0.717, 1.165) is 10.9 Å². The predicted molar refractivity (Wildman–Crippen MR) is 96.4 cm³/mol. The third-order valence-electron chi connectivity index (χ3n) is 3.75. The summed E-state index contributed by atoms with van der Waals surface area (Å²) < 4.78 is 5.49. The molecule has 25 heavy (non-hydrogen) atoms. The molecule has 0 aliphatic rings. The van der Waals surface area contributed by atoms with Gasteiger partial charge in [0.15, 0.2) is 5.76 Å². The maximum Gasteiger partial charge on any atom is 0.287 e. The van der Waals surface area contributed by atoms with Crippen LogP contribution in [0.2, 0.25) is 5.02 Å². The molecule has 0 saturated heterocycles. The number of carbonyl (C=O) groups excluding carboxylic acids is 2. The molecule has 0 spiro atoms. The molecule has 0 saturated carbocycles. The lowest BCUT2D eigenvalue weighted by molar-refractivity contribution is -0.122. The van der Waals surface area contributed by atoms with E-state index in [1.807, 2.05) is 30.3 Å². The van der Waals surface area contributed by atoms with Gasteiger partial charge in [0.05, 0.1) is 0 Å². The lowest BCUT2D eigenvalue weighted by Gasteiger charge is -2.13. The van der Waals surface area contributed by atoms with Crippen molar-refractivity contribution >= 4 is 34.4 Å². The van der Waals surface area contributed by atoms with Crippen molar-refractivity contribution in [3.8, 4) is 0 Å². The van der Waals surface area contributed by atoms with Crippen LogP contribution in [0.5, 0.6) is 0 Å². The molecule has 5 nitrogen and oxygen atoms in total. The fourth-order valence-corrected chi connectivity index (χ4v) is 2.58. The monoisotopic (exact) mass is 356 g/mol. The number of hydrogen-bond donors (Lipinski definition) is 2. The van der Waals surface area contributed by atoms with Crippen molar-refractivity contribution in [1.82, 2.24) is 10.6 Å². The van der Waals surface area contributed by atoms with Crippen molar-refractivity contribution in [2.24, 2.45) is 0 Å². The Morgan fingerprint density at radius 1 is 1.12 bits per heavy atom. The van der Waals surface area contributed by atoms with Crippen molar-refractivity contribution in [2.75, 3.05) is 0 Å². The summed E-state index contributed by atoms with van der Waals surface area (Å²) in [6.07, 6.45) is 0. The first-order valence-corrected chi connectivity index (χ1v) is 8.22. The molecule has 0 aliphatic heterocycles. The fraction of sp³-hybridized carbons (Fsp3) is 0.158.